The fourth-order valence-corrected chi connectivity index (χ4v) is 3.25. The predicted octanol–water partition coefficient (Wildman–Crippen LogP) is 3.88. The Balaban J connectivity index is 2.20. The van der Waals surface area contributed by atoms with Crippen molar-refractivity contribution in [3.63, 3.8) is 0 Å². The van der Waals surface area contributed by atoms with Gasteiger partial charge in [-0.15, -0.1) is 0 Å². The molecule has 0 aromatic rings. The van der Waals surface area contributed by atoms with Crippen LogP contribution in [0.15, 0.2) is 35.6 Å². The van der Waals surface area contributed by atoms with E-state index >= 15 is 0 Å². The summed E-state index contributed by atoms with van der Waals surface area (Å²) >= 11 is 0. The van der Waals surface area contributed by atoms with E-state index in [1.165, 1.54) is 50.0 Å². The molecule has 2 aliphatic rings. The molecule has 0 aromatic heterocycles. The van der Waals surface area contributed by atoms with Gasteiger partial charge in [0.25, 0.3) is 0 Å². The Kier molecular flexibility index (Phi) is 5.90. The number of allylic oxidation sites excluding steroid dienone is 4. The van der Waals surface area contributed by atoms with Gasteiger partial charge in [-0.25, -0.2) is 0 Å². The monoisotopic (exact) mass is 274 g/mol. The van der Waals surface area contributed by atoms with E-state index in [9.17, 15) is 0 Å². The van der Waals surface area contributed by atoms with Crippen molar-refractivity contribution < 1.29 is 0 Å². The molecular weight excluding hydrogens is 244 g/mol. The predicted molar refractivity (Wildman–Crippen MR) is 87.6 cm³/mol. The highest BCUT2D eigenvalue weighted by atomic mass is 15.1. The van der Waals surface area contributed by atoms with Crippen LogP contribution in [0.2, 0.25) is 0 Å². The van der Waals surface area contributed by atoms with Gasteiger partial charge in [-0.3, -0.25) is 0 Å². The third-order valence-electron chi connectivity index (χ3n) is 4.29. The molecule has 0 radical (unpaired) electrons. The van der Waals surface area contributed by atoms with Crippen molar-refractivity contribution in [1.82, 2.24) is 10.2 Å². The van der Waals surface area contributed by atoms with Crippen molar-refractivity contribution in [3.8, 4) is 0 Å². The summed E-state index contributed by atoms with van der Waals surface area (Å²) in [5.41, 5.74) is 2.96. The second kappa shape index (κ2) is 7.68. The first kappa shape index (κ1) is 15.4. The van der Waals surface area contributed by atoms with Crippen molar-refractivity contribution >= 4 is 0 Å². The molecule has 0 bridgehead atoms. The van der Waals surface area contributed by atoms with Crippen LogP contribution in [0.25, 0.3) is 0 Å². The Morgan fingerprint density at radius 2 is 1.95 bits per heavy atom. The van der Waals surface area contributed by atoms with E-state index in [-0.39, 0.29) is 0 Å². The van der Waals surface area contributed by atoms with E-state index in [2.05, 4.69) is 55.4 Å². The zero-order valence-corrected chi connectivity index (χ0v) is 13.4. The van der Waals surface area contributed by atoms with Gasteiger partial charge in [0, 0.05) is 24.8 Å². The lowest BCUT2D eigenvalue weighted by Crippen LogP contribution is -2.36. The maximum atomic E-state index is 3.54. The molecule has 2 heteroatoms. The summed E-state index contributed by atoms with van der Waals surface area (Å²) in [5, 5.41) is 3.54. The number of nitrogens with one attached hydrogen (secondary N) is 1. The van der Waals surface area contributed by atoms with Gasteiger partial charge in [-0.1, -0.05) is 32.1 Å². The fourth-order valence-electron chi connectivity index (χ4n) is 3.25. The maximum absolute atomic E-state index is 3.54. The lowest BCUT2D eigenvalue weighted by Gasteiger charge is -2.35. The normalized spacial score (nSPS) is 21.5. The molecular formula is C18H30N2. The minimum Gasteiger partial charge on any atom is -0.371 e. The molecule has 1 aliphatic carbocycles. The van der Waals surface area contributed by atoms with Crippen molar-refractivity contribution in [2.75, 3.05) is 20.1 Å². The molecule has 0 spiro atoms. The van der Waals surface area contributed by atoms with Crippen LogP contribution in [0.5, 0.6) is 0 Å². The highest BCUT2D eigenvalue weighted by Crippen LogP contribution is 2.27. The van der Waals surface area contributed by atoms with Crippen molar-refractivity contribution in [2.45, 2.75) is 52.0 Å². The Morgan fingerprint density at radius 1 is 1.20 bits per heavy atom. The van der Waals surface area contributed by atoms with Gasteiger partial charge in [0.15, 0.2) is 0 Å². The highest BCUT2D eigenvalue weighted by Gasteiger charge is 2.22. The average molecular weight is 274 g/mol. The summed E-state index contributed by atoms with van der Waals surface area (Å²) in [6.07, 6.45) is 15.6. The number of hydrogen-bond donors (Lipinski definition) is 1. The summed E-state index contributed by atoms with van der Waals surface area (Å²) in [4.78, 5) is 2.59. The van der Waals surface area contributed by atoms with Gasteiger partial charge in [-0.2, -0.15) is 0 Å². The molecule has 1 fully saturated rings. The fraction of sp³-hybridized carbons (Fsp3) is 0.667. The maximum Gasteiger partial charge on any atom is 0.0411 e. The van der Waals surface area contributed by atoms with Crippen LogP contribution in [0.3, 0.4) is 0 Å². The third kappa shape index (κ3) is 3.99. The van der Waals surface area contributed by atoms with Gasteiger partial charge in [0.1, 0.15) is 0 Å². The standard InChI is InChI=1S/C18H30N2/c1-15(2)14-17(19-3)16-10-6-4-7-11-18(16)20-12-8-5-9-13-20/h4,7,10-11,15,17,19H,5-6,8-9,12-14H2,1-3H3. The second-order valence-electron chi connectivity index (χ2n) is 6.39. The van der Waals surface area contributed by atoms with Crippen LogP contribution < -0.4 is 5.32 Å². The van der Waals surface area contributed by atoms with E-state index in [1.807, 2.05) is 0 Å². The Hall–Kier alpha value is -1.02. The smallest absolute Gasteiger partial charge is 0.0411 e. The summed E-state index contributed by atoms with van der Waals surface area (Å²) < 4.78 is 0. The lowest BCUT2D eigenvalue weighted by atomic mass is 9.93. The molecule has 1 N–H and O–H groups in total. The Morgan fingerprint density at radius 3 is 2.60 bits per heavy atom. The van der Waals surface area contributed by atoms with Crippen molar-refractivity contribution in [3.05, 3.63) is 35.6 Å². The minimum atomic E-state index is 0.475. The Labute approximate surface area is 124 Å². The zero-order valence-electron chi connectivity index (χ0n) is 13.4. The number of likely N-dealkylation sites (tertiary alicyclic amines) is 1. The van der Waals surface area contributed by atoms with Gasteiger partial charge in [0.2, 0.25) is 0 Å². The molecule has 1 aliphatic heterocycles. The first-order valence-corrected chi connectivity index (χ1v) is 8.22. The SMILES string of the molecule is CNC(CC(C)C)C1=CCC=CC=C1N1CCCCC1. The second-order valence-corrected chi connectivity index (χ2v) is 6.39. The lowest BCUT2D eigenvalue weighted by molar-refractivity contribution is 0.285. The van der Waals surface area contributed by atoms with Gasteiger partial charge >= 0.3 is 0 Å². The summed E-state index contributed by atoms with van der Waals surface area (Å²) in [5.74, 6) is 0.715. The van der Waals surface area contributed by atoms with Gasteiger partial charge in [0.05, 0.1) is 0 Å². The summed E-state index contributed by atoms with van der Waals surface area (Å²) in [6.45, 7) is 7.05. The van der Waals surface area contributed by atoms with E-state index in [4.69, 9.17) is 0 Å². The number of nitrogens with zero attached hydrogens (tertiary/aromatic N) is 1. The molecule has 112 valence electrons. The molecule has 1 unspecified atom stereocenters. The number of rotatable bonds is 5. The molecule has 20 heavy (non-hydrogen) atoms. The largest absolute Gasteiger partial charge is 0.371 e. The van der Waals surface area contributed by atoms with E-state index in [0.717, 1.165) is 6.42 Å². The zero-order chi connectivity index (χ0) is 14.4. The third-order valence-corrected chi connectivity index (χ3v) is 4.29. The molecule has 0 aromatic carbocycles. The first-order valence-electron chi connectivity index (χ1n) is 8.22. The van der Waals surface area contributed by atoms with E-state index < -0.39 is 0 Å². The number of piperidine rings is 1. The van der Waals surface area contributed by atoms with Crippen LogP contribution in [0.1, 0.15) is 46.0 Å². The van der Waals surface area contributed by atoms with Crippen molar-refractivity contribution in [2.24, 2.45) is 5.92 Å². The molecule has 1 heterocycles. The molecule has 2 nitrogen and oxygen atoms in total. The molecule has 0 amide bonds. The summed E-state index contributed by atoms with van der Waals surface area (Å²) in [6, 6.07) is 0.475. The quantitative estimate of drug-likeness (QED) is 0.818. The molecule has 1 saturated heterocycles. The average Bonchev–Trinajstić information content (AvgIpc) is 2.71. The number of hydrogen-bond acceptors (Lipinski definition) is 2. The minimum absolute atomic E-state index is 0.475. The number of likely N-dealkylation sites (N-methyl/N-ethyl adjacent to an activating group) is 1. The highest BCUT2D eigenvalue weighted by molar-refractivity contribution is 5.39. The Bertz CT molecular complexity index is 384. The topological polar surface area (TPSA) is 15.3 Å². The van der Waals surface area contributed by atoms with Crippen LogP contribution in [-0.4, -0.2) is 31.1 Å². The molecule has 0 saturated carbocycles. The van der Waals surface area contributed by atoms with Gasteiger partial charge < -0.3 is 10.2 Å². The van der Waals surface area contributed by atoms with Crippen molar-refractivity contribution in [1.29, 1.82) is 0 Å². The van der Waals surface area contributed by atoms with Crippen LogP contribution in [0, 0.1) is 5.92 Å². The van der Waals surface area contributed by atoms with Gasteiger partial charge in [-0.05, 0) is 56.7 Å². The molecule has 1 atom stereocenters. The van der Waals surface area contributed by atoms with Crippen LogP contribution >= 0.6 is 0 Å². The summed E-state index contributed by atoms with van der Waals surface area (Å²) in [7, 11) is 2.10. The molecule has 2 rings (SSSR count). The van der Waals surface area contributed by atoms with E-state index in [0.29, 0.717) is 12.0 Å². The van der Waals surface area contributed by atoms with Crippen LogP contribution in [0.4, 0.5) is 0 Å². The first-order chi connectivity index (χ1) is 9.72. The van der Waals surface area contributed by atoms with E-state index in [1.54, 1.807) is 0 Å². The van der Waals surface area contributed by atoms with Crippen LogP contribution in [-0.2, 0) is 0 Å².